The van der Waals surface area contributed by atoms with E-state index in [0.717, 1.165) is 15.5 Å². The van der Waals surface area contributed by atoms with Gasteiger partial charge in [-0.15, -0.1) is 0 Å². The first-order valence-electron chi connectivity index (χ1n) is 8.38. The summed E-state index contributed by atoms with van der Waals surface area (Å²) in [4.78, 5) is 28.4. The van der Waals surface area contributed by atoms with Crippen molar-refractivity contribution < 1.29 is 14.0 Å². The van der Waals surface area contributed by atoms with E-state index in [2.05, 4.69) is 10.6 Å². The van der Waals surface area contributed by atoms with Crippen LogP contribution < -0.4 is 15.5 Å². The molecule has 0 spiro atoms. The van der Waals surface area contributed by atoms with Crippen molar-refractivity contribution in [2.75, 3.05) is 17.3 Å². The van der Waals surface area contributed by atoms with E-state index >= 15 is 0 Å². The van der Waals surface area contributed by atoms with E-state index in [-0.39, 0.29) is 11.9 Å². The Morgan fingerprint density at radius 1 is 1.11 bits per heavy atom. The van der Waals surface area contributed by atoms with Crippen LogP contribution in [0.15, 0.2) is 75.1 Å². The molecule has 27 heavy (non-hydrogen) atoms. The SMILES string of the molecule is CN1C(=O)c2ccccc2Sc2ccc(NC(=O)NCc3ccco3)cc21. The third-order valence-electron chi connectivity index (χ3n) is 4.22. The molecule has 6 nitrogen and oxygen atoms in total. The topological polar surface area (TPSA) is 74.6 Å². The third kappa shape index (κ3) is 3.54. The van der Waals surface area contributed by atoms with Crippen molar-refractivity contribution in [3.8, 4) is 0 Å². The molecule has 1 aromatic heterocycles. The van der Waals surface area contributed by atoms with E-state index in [4.69, 9.17) is 4.42 Å². The van der Waals surface area contributed by atoms with Crippen LogP contribution in [0, 0.1) is 0 Å². The Kier molecular flexibility index (Phi) is 4.60. The minimum absolute atomic E-state index is 0.0729. The van der Waals surface area contributed by atoms with E-state index in [1.807, 2.05) is 36.4 Å². The number of anilines is 2. The Morgan fingerprint density at radius 3 is 2.78 bits per heavy atom. The molecule has 3 aromatic rings. The summed E-state index contributed by atoms with van der Waals surface area (Å²) >= 11 is 1.54. The number of furan rings is 1. The summed E-state index contributed by atoms with van der Waals surface area (Å²) in [7, 11) is 1.74. The fourth-order valence-electron chi connectivity index (χ4n) is 2.84. The first-order valence-corrected chi connectivity index (χ1v) is 9.20. The standard InChI is InChI=1S/C20H17N3O3S/c1-23-16-11-13(22-20(25)21-12-14-5-4-10-26-14)8-9-18(16)27-17-7-3-2-6-15(17)19(23)24/h2-11H,12H2,1H3,(H2,21,22,25). The molecule has 136 valence electrons. The molecular formula is C20H17N3O3S. The minimum atomic E-state index is -0.343. The van der Waals surface area contributed by atoms with Gasteiger partial charge in [0, 0.05) is 22.5 Å². The summed E-state index contributed by atoms with van der Waals surface area (Å²) in [6.45, 7) is 0.299. The zero-order valence-corrected chi connectivity index (χ0v) is 15.4. The summed E-state index contributed by atoms with van der Waals surface area (Å²) < 4.78 is 5.19. The predicted octanol–water partition coefficient (Wildman–Crippen LogP) is 4.34. The van der Waals surface area contributed by atoms with Gasteiger partial charge in [0.25, 0.3) is 5.91 Å². The van der Waals surface area contributed by atoms with Gasteiger partial charge in [0.05, 0.1) is 24.1 Å². The lowest BCUT2D eigenvalue weighted by Gasteiger charge is -2.18. The number of carbonyl (C=O) groups excluding carboxylic acids is 2. The van der Waals surface area contributed by atoms with Gasteiger partial charge in [-0.25, -0.2) is 4.79 Å². The number of fused-ring (bicyclic) bond motifs is 2. The van der Waals surface area contributed by atoms with Crippen molar-refractivity contribution in [1.82, 2.24) is 5.32 Å². The van der Waals surface area contributed by atoms with Crippen LogP contribution in [0.2, 0.25) is 0 Å². The molecule has 0 fully saturated rings. The summed E-state index contributed by atoms with van der Waals surface area (Å²) in [6, 6.07) is 16.3. The van der Waals surface area contributed by atoms with Crippen LogP contribution in [0.5, 0.6) is 0 Å². The van der Waals surface area contributed by atoms with Crippen LogP contribution in [-0.4, -0.2) is 19.0 Å². The maximum atomic E-state index is 12.8. The Labute approximate surface area is 160 Å². The van der Waals surface area contributed by atoms with Crippen molar-refractivity contribution in [2.45, 2.75) is 16.3 Å². The molecule has 2 heterocycles. The summed E-state index contributed by atoms with van der Waals surface area (Å²) in [5.41, 5.74) is 2.04. The second-order valence-electron chi connectivity index (χ2n) is 6.03. The molecule has 0 aliphatic carbocycles. The second-order valence-corrected chi connectivity index (χ2v) is 7.12. The van der Waals surface area contributed by atoms with Crippen LogP contribution in [0.3, 0.4) is 0 Å². The average Bonchev–Trinajstić information content (AvgIpc) is 3.17. The van der Waals surface area contributed by atoms with E-state index in [0.29, 0.717) is 23.6 Å². The first kappa shape index (κ1) is 17.2. The van der Waals surface area contributed by atoms with Crippen LogP contribution in [0.1, 0.15) is 16.1 Å². The van der Waals surface area contributed by atoms with Crippen molar-refractivity contribution >= 4 is 35.1 Å². The number of carbonyl (C=O) groups is 2. The van der Waals surface area contributed by atoms with Crippen molar-refractivity contribution in [2.24, 2.45) is 0 Å². The first-order chi connectivity index (χ1) is 13.1. The number of benzene rings is 2. The zero-order chi connectivity index (χ0) is 18.8. The zero-order valence-electron chi connectivity index (χ0n) is 14.6. The Hall–Kier alpha value is -3.19. The molecule has 0 saturated carbocycles. The minimum Gasteiger partial charge on any atom is -0.467 e. The van der Waals surface area contributed by atoms with Gasteiger partial charge in [-0.05, 0) is 42.5 Å². The highest BCUT2D eigenvalue weighted by Gasteiger charge is 2.24. The second kappa shape index (κ2) is 7.20. The Balaban J connectivity index is 1.53. The number of rotatable bonds is 3. The maximum Gasteiger partial charge on any atom is 0.319 e. The van der Waals surface area contributed by atoms with E-state index in [1.165, 1.54) is 0 Å². The van der Waals surface area contributed by atoms with Crippen LogP contribution in [0.4, 0.5) is 16.2 Å². The molecule has 3 amide bonds. The number of hydrogen-bond acceptors (Lipinski definition) is 4. The molecule has 0 radical (unpaired) electrons. The lowest BCUT2D eigenvalue weighted by Crippen LogP contribution is -2.28. The Morgan fingerprint density at radius 2 is 1.96 bits per heavy atom. The maximum absolute atomic E-state index is 12.8. The van der Waals surface area contributed by atoms with Gasteiger partial charge in [-0.3, -0.25) is 4.79 Å². The highest BCUT2D eigenvalue weighted by molar-refractivity contribution is 7.99. The van der Waals surface area contributed by atoms with Crippen LogP contribution >= 0.6 is 11.8 Å². The van der Waals surface area contributed by atoms with Gasteiger partial charge in [0.2, 0.25) is 0 Å². The smallest absolute Gasteiger partial charge is 0.319 e. The fraction of sp³-hybridized carbons (Fsp3) is 0.100. The number of urea groups is 1. The van der Waals surface area contributed by atoms with Gasteiger partial charge in [-0.1, -0.05) is 23.9 Å². The summed E-state index contributed by atoms with van der Waals surface area (Å²) in [6.07, 6.45) is 1.56. The van der Waals surface area contributed by atoms with Gasteiger partial charge in [0.15, 0.2) is 0 Å². The Bertz CT molecular complexity index is 1000. The molecule has 2 N–H and O–H groups in total. The molecule has 4 rings (SSSR count). The lowest BCUT2D eigenvalue weighted by atomic mass is 10.2. The molecule has 1 aliphatic rings. The highest BCUT2D eigenvalue weighted by atomic mass is 32.2. The normalized spacial score (nSPS) is 12.8. The van der Waals surface area contributed by atoms with Gasteiger partial charge in [0.1, 0.15) is 5.76 Å². The molecule has 0 unspecified atom stereocenters. The monoisotopic (exact) mass is 379 g/mol. The number of amides is 3. The summed E-state index contributed by atoms with van der Waals surface area (Å²) in [5.74, 6) is 0.600. The number of nitrogens with one attached hydrogen (secondary N) is 2. The highest BCUT2D eigenvalue weighted by Crippen LogP contribution is 2.41. The third-order valence-corrected chi connectivity index (χ3v) is 5.36. The lowest BCUT2D eigenvalue weighted by molar-refractivity contribution is 0.0990. The number of nitrogens with zero attached hydrogens (tertiary/aromatic N) is 1. The predicted molar refractivity (Wildman–Crippen MR) is 104 cm³/mol. The van der Waals surface area contributed by atoms with Crippen molar-refractivity contribution in [3.63, 3.8) is 0 Å². The van der Waals surface area contributed by atoms with E-state index < -0.39 is 0 Å². The van der Waals surface area contributed by atoms with Gasteiger partial charge >= 0.3 is 6.03 Å². The van der Waals surface area contributed by atoms with Crippen LogP contribution in [0.25, 0.3) is 0 Å². The average molecular weight is 379 g/mol. The molecular weight excluding hydrogens is 362 g/mol. The summed E-state index contributed by atoms with van der Waals surface area (Å²) in [5, 5.41) is 5.52. The number of hydrogen-bond donors (Lipinski definition) is 2. The molecule has 7 heteroatoms. The molecule has 0 bridgehead atoms. The molecule has 0 atom stereocenters. The van der Waals surface area contributed by atoms with Gasteiger partial charge < -0.3 is 20.0 Å². The van der Waals surface area contributed by atoms with E-state index in [1.54, 1.807) is 48.2 Å². The van der Waals surface area contributed by atoms with Gasteiger partial charge in [-0.2, -0.15) is 0 Å². The largest absolute Gasteiger partial charge is 0.467 e. The molecule has 2 aromatic carbocycles. The van der Waals surface area contributed by atoms with Crippen molar-refractivity contribution in [1.29, 1.82) is 0 Å². The fourth-order valence-corrected chi connectivity index (χ4v) is 3.93. The molecule has 0 saturated heterocycles. The van der Waals surface area contributed by atoms with Crippen LogP contribution in [-0.2, 0) is 6.54 Å². The quantitative estimate of drug-likeness (QED) is 0.710. The van der Waals surface area contributed by atoms with E-state index in [9.17, 15) is 9.59 Å². The van der Waals surface area contributed by atoms with Crippen molar-refractivity contribution in [3.05, 3.63) is 72.2 Å². The molecule has 1 aliphatic heterocycles.